The minimum absolute atomic E-state index is 0.392. The molecule has 0 radical (unpaired) electrons. The van der Waals surface area contributed by atoms with Gasteiger partial charge in [0.25, 0.3) is 0 Å². The lowest BCUT2D eigenvalue weighted by atomic mass is 9.58. The Morgan fingerprint density at radius 1 is 1.11 bits per heavy atom. The lowest BCUT2D eigenvalue weighted by Crippen LogP contribution is -2.63. The number of hydrogen-bond acceptors (Lipinski definition) is 2. The topological polar surface area (TPSA) is 21.3 Å². The zero-order valence-electron chi connectivity index (χ0n) is 13.4. The molecule has 2 aliphatic rings. The van der Waals surface area contributed by atoms with Crippen LogP contribution in [0.3, 0.4) is 0 Å². The van der Waals surface area contributed by atoms with E-state index in [9.17, 15) is 0 Å². The summed E-state index contributed by atoms with van der Waals surface area (Å²) in [5.74, 6) is 0. The monoisotopic (exact) mass is 267 g/mol. The smallest absolute Gasteiger partial charge is 0.0661 e. The van der Waals surface area contributed by atoms with E-state index in [0.717, 1.165) is 6.61 Å². The molecule has 0 saturated heterocycles. The van der Waals surface area contributed by atoms with Crippen molar-refractivity contribution in [1.82, 2.24) is 5.32 Å². The van der Waals surface area contributed by atoms with E-state index >= 15 is 0 Å². The van der Waals surface area contributed by atoms with E-state index in [-0.39, 0.29) is 0 Å². The minimum Gasteiger partial charge on any atom is -0.377 e. The molecular weight excluding hydrogens is 234 g/mol. The summed E-state index contributed by atoms with van der Waals surface area (Å²) in [6, 6.07) is 0.699. The van der Waals surface area contributed by atoms with Crippen molar-refractivity contribution in [2.24, 2.45) is 10.8 Å². The van der Waals surface area contributed by atoms with E-state index in [1.807, 2.05) is 0 Å². The Balaban J connectivity index is 1.89. The van der Waals surface area contributed by atoms with Crippen molar-refractivity contribution >= 4 is 0 Å². The second-order valence-electron chi connectivity index (χ2n) is 7.89. The number of nitrogens with one attached hydrogen (secondary N) is 1. The normalized spacial score (nSPS) is 30.9. The number of ether oxygens (including phenoxy) is 1. The quantitative estimate of drug-likeness (QED) is 0.826. The van der Waals surface area contributed by atoms with Crippen molar-refractivity contribution < 1.29 is 4.74 Å². The minimum atomic E-state index is 0.392. The van der Waals surface area contributed by atoms with Crippen LogP contribution in [0.4, 0.5) is 0 Å². The average Bonchev–Trinajstić information content (AvgIpc) is 2.59. The summed E-state index contributed by atoms with van der Waals surface area (Å²) in [7, 11) is 2.13. The van der Waals surface area contributed by atoms with Crippen molar-refractivity contribution in [1.29, 1.82) is 0 Å². The van der Waals surface area contributed by atoms with Crippen LogP contribution in [0.25, 0.3) is 0 Å². The van der Waals surface area contributed by atoms with Crippen LogP contribution in [0.2, 0.25) is 0 Å². The van der Waals surface area contributed by atoms with Crippen molar-refractivity contribution in [2.75, 3.05) is 13.7 Å². The fourth-order valence-corrected chi connectivity index (χ4v) is 3.95. The molecule has 2 nitrogen and oxygen atoms in total. The zero-order chi connectivity index (χ0) is 13.9. The molecule has 19 heavy (non-hydrogen) atoms. The molecule has 2 aliphatic carbocycles. The number of rotatable bonds is 4. The van der Waals surface area contributed by atoms with Gasteiger partial charge in [-0.2, -0.15) is 0 Å². The predicted molar refractivity (Wildman–Crippen MR) is 81.4 cm³/mol. The highest BCUT2D eigenvalue weighted by Gasteiger charge is 2.54. The van der Waals surface area contributed by atoms with Crippen molar-refractivity contribution in [3.05, 3.63) is 0 Å². The van der Waals surface area contributed by atoms with Gasteiger partial charge in [0.2, 0.25) is 0 Å². The molecule has 0 amide bonds. The van der Waals surface area contributed by atoms with Crippen molar-refractivity contribution in [3.8, 4) is 0 Å². The highest BCUT2D eigenvalue weighted by Crippen LogP contribution is 2.52. The third-order valence-electron chi connectivity index (χ3n) is 5.34. The van der Waals surface area contributed by atoms with Gasteiger partial charge in [-0.1, -0.05) is 46.5 Å². The molecular formula is C17H33NO. The molecule has 2 rings (SSSR count). The molecule has 0 aliphatic heterocycles. The first-order chi connectivity index (χ1) is 8.98. The summed E-state index contributed by atoms with van der Waals surface area (Å²) in [6.07, 6.45) is 11.3. The summed E-state index contributed by atoms with van der Waals surface area (Å²) < 4.78 is 6.29. The summed E-state index contributed by atoms with van der Waals surface area (Å²) in [6.45, 7) is 7.84. The molecule has 2 unspecified atom stereocenters. The molecule has 0 aromatic heterocycles. The van der Waals surface area contributed by atoms with Crippen LogP contribution in [-0.4, -0.2) is 25.8 Å². The SMILES string of the molecule is CNC1CC(OCCC(C)(C)C)C12CCCCCC2. The third kappa shape index (κ3) is 3.52. The Labute approximate surface area is 119 Å². The first-order valence-electron chi connectivity index (χ1n) is 8.27. The van der Waals surface area contributed by atoms with E-state index in [4.69, 9.17) is 4.74 Å². The third-order valence-corrected chi connectivity index (χ3v) is 5.34. The predicted octanol–water partition coefficient (Wildman–Crippen LogP) is 4.14. The van der Waals surface area contributed by atoms with Gasteiger partial charge < -0.3 is 10.1 Å². The maximum Gasteiger partial charge on any atom is 0.0661 e. The van der Waals surface area contributed by atoms with Gasteiger partial charge in [0, 0.05) is 18.1 Å². The Kier molecular flexibility index (Phi) is 4.94. The summed E-state index contributed by atoms with van der Waals surface area (Å²) in [4.78, 5) is 0. The van der Waals surface area contributed by atoms with Gasteiger partial charge in [-0.3, -0.25) is 0 Å². The molecule has 2 saturated carbocycles. The van der Waals surface area contributed by atoms with E-state index in [1.54, 1.807) is 0 Å². The molecule has 0 aromatic carbocycles. The molecule has 2 heteroatoms. The van der Waals surface area contributed by atoms with Crippen molar-refractivity contribution in [2.45, 2.75) is 84.3 Å². The molecule has 0 heterocycles. The highest BCUT2D eigenvalue weighted by atomic mass is 16.5. The van der Waals surface area contributed by atoms with E-state index in [2.05, 4.69) is 33.1 Å². The molecule has 2 fully saturated rings. The van der Waals surface area contributed by atoms with Gasteiger partial charge in [-0.25, -0.2) is 0 Å². The molecule has 0 aromatic rings. The molecule has 112 valence electrons. The Morgan fingerprint density at radius 3 is 2.26 bits per heavy atom. The van der Waals surface area contributed by atoms with Crippen LogP contribution in [0.1, 0.15) is 72.1 Å². The van der Waals surface area contributed by atoms with Gasteiger partial charge in [-0.15, -0.1) is 0 Å². The van der Waals surface area contributed by atoms with Crippen LogP contribution in [0.5, 0.6) is 0 Å². The molecule has 2 atom stereocenters. The fraction of sp³-hybridized carbons (Fsp3) is 1.00. The zero-order valence-corrected chi connectivity index (χ0v) is 13.4. The Bertz CT molecular complexity index is 273. The standard InChI is InChI=1S/C17H33NO/c1-16(2,3)11-12-19-15-13-14(18-4)17(15)9-7-5-6-8-10-17/h14-15,18H,5-13H2,1-4H3. The highest BCUT2D eigenvalue weighted by molar-refractivity contribution is 5.07. The van der Waals surface area contributed by atoms with Crippen LogP contribution >= 0.6 is 0 Å². The van der Waals surface area contributed by atoms with Gasteiger partial charge in [0.05, 0.1) is 6.10 Å². The van der Waals surface area contributed by atoms with E-state index in [1.165, 1.54) is 51.4 Å². The number of hydrogen-bond donors (Lipinski definition) is 1. The molecule has 1 spiro atoms. The van der Waals surface area contributed by atoms with Gasteiger partial charge in [0.15, 0.2) is 0 Å². The van der Waals surface area contributed by atoms with Gasteiger partial charge >= 0.3 is 0 Å². The maximum absolute atomic E-state index is 6.29. The largest absolute Gasteiger partial charge is 0.377 e. The first kappa shape index (κ1) is 15.3. The van der Waals surface area contributed by atoms with Crippen LogP contribution < -0.4 is 5.32 Å². The van der Waals surface area contributed by atoms with Gasteiger partial charge in [-0.05, 0) is 38.1 Å². The lowest BCUT2D eigenvalue weighted by Gasteiger charge is -2.56. The van der Waals surface area contributed by atoms with Crippen LogP contribution in [0.15, 0.2) is 0 Å². The lowest BCUT2D eigenvalue weighted by molar-refractivity contribution is -0.145. The van der Waals surface area contributed by atoms with E-state index in [0.29, 0.717) is 23.0 Å². The van der Waals surface area contributed by atoms with Crippen LogP contribution in [-0.2, 0) is 4.74 Å². The van der Waals surface area contributed by atoms with Crippen LogP contribution in [0, 0.1) is 10.8 Å². The Hall–Kier alpha value is -0.0800. The first-order valence-corrected chi connectivity index (χ1v) is 8.27. The van der Waals surface area contributed by atoms with E-state index < -0.39 is 0 Å². The fourth-order valence-electron chi connectivity index (χ4n) is 3.95. The molecule has 0 bridgehead atoms. The van der Waals surface area contributed by atoms with Crippen molar-refractivity contribution in [3.63, 3.8) is 0 Å². The summed E-state index contributed by atoms with van der Waals surface area (Å²) in [5.41, 5.74) is 0.853. The second-order valence-corrected chi connectivity index (χ2v) is 7.89. The second kappa shape index (κ2) is 6.13. The molecule has 1 N–H and O–H groups in total. The Morgan fingerprint density at radius 2 is 1.74 bits per heavy atom. The maximum atomic E-state index is 6.29. The summed E-state index contributed by atoms with van der Waals surface area (Å²) >= 11 is 0. The average molecular weight is 267 g/mol. The summed E-state index contributed by atoms with van der Waals surface area (Å²) in [5, 5.41) is 3.55. The van der Waals surface area contributed by atoms with Gasteiger partial charge in [0.1, 0.15) is 0 Å².